The predicted molar refractivity (Wildman–Crippen MR) is 70.9 cm³/mol. The molecule has 2 atom stereocenters. The van der Waals surface area contributed by atoms with E-state index in [0.717, 1.165) is 11.8 Å². The molecule has 1 aliphatic rings. The van der Waals surface area contributed by atoms with Crippen LogP contribution in [0.1, 0.15) is 66.2 Å². The minimum absolute atomic E-state index is 0.465. The number of nitrogens with two attached hydrogens (primary N) is 1. The third-order valence-corrected chi connectivity index (χ3v) is 4.34. The molecule has 0 aromatic heterocycles. The van der Waals surface area contributed by atoms with Crippen molar-refractivity contribution >= 4 is 0 Å². The van der Waals surface area contributed by atoms with Crippen molar-refractivity contribution in [3.63, 3.8) is 0 Å². The lowest BCUT2D eigenvalue weighted by Gasteiger charge is -2.43. The molecule has 0 heterocycles. The van der Waals surface area contributed by atoms with Gasteiger partial charge in [-0.3, -0.25) is 11.3 Å². The van der Waals surface area contributed by atoms with Gasteiger partial charge in [0.1, 0.15) is 0 Å². The van der Waals surface area contributed by atoms with Gasteiger partial charge in [0.25, 0.3) is 0 Å². The van der Waals surface area contributed by atoms with E-state index in [4.69, 9.17) is 5.84 Å². The van der Waals surface area contributed by atoms with Crippen LogP contribution in [0.15, 0.2) is 0 Å². The Kier molecular flexibility index (Phi) is 5.26. The number of hydrazine groups is 1. The Morgan fingerprint density at radius 3 is 2.44 bits per heavy atom. The second kappa shape index (κ2) is 6.02. The van der Waals surface area contributed by atoms with E-state index < -0.39 is 0 Å². The number of hydrogen-bond acceptors (Lipinski definition) is 2. The van der Waals surface area contributed by atoms with Crippen LogP contribution < -0.4 is 11.3 Å². The van der Waals surface area contributed by atoms with Crippen LogP contribution in [0, 0.1) is 17.3 Å². The van der Waals surface area contributed by atoms with Gasteiger partial charge in [-0.1, -0.05) is 40.5 Å². The molecule has 1 saturated carbocycles. The lowest BCUT2D eigenvalue weighted by Crippen LogP contribution is -2.47. The van der Waals surface area contributed by atoms with E-state index in [2.05, 4.69) is 33.1 Å². The monoisotopic (exact) mass is 226 g/mol. The SMILES string of the molecule is CC(C)CCC(NN)C1CCCCC1(C)C. The molecule has 0 aromatic carbocycles. The molecule has 1 fully saturated rings. The van der Waals surface area contributed by atoms with Crippen LogP contribution in [0.2, 0.25) is 0 Å². The highest BCUT2D eigenvalue weighted by Crippen LogP contribution is 2.43. The molecular formula is C14H30N2. The summed E-state index contributed by atoms with van der Waals surface area (Å²) in [4.78, 5) is 0. The fraction of sp³-hybridized carbons (Fsp3) is 1.00. The summed E-state index contributed by atoms with van der Waals surface area (Å²) in [5.74, 6) is 7.30. The lowest BCUT2D eigenvalue weighted by atomic mass is 9.65. The van der Waals surface area contributed by atoms with E-state index >= 15 is 0 Å². The number of rotatable bonds is 5. The normalized spacial score (nSPS) is 27.0. The maximum atomic E-state index is 5.76. The molecule has 0 aromatic rings. The highest BCUT2D eigenvalue weighted by molar-refractivity contribution is 4.89. The van der Waals surface area contributed by atoms with Crippen molar-refractivity contribution in [2.24, 2.45) is 23.1 Å². The Labute approximate surface area is 101 Å². The van der Waals surface area contributed by atoms with Gasteiger partial charge in [0.05, 0.1) is 0 Å². The molecule has 96 valence electrons. The molecule has 16 heavy (non-hydrogen) atoms. The van der Waals surface area contributed by atoms with Gasteiger partial charge in [-0.15, -0.1) is 0 Å². The number of nitrogens with one attached hydrogen (secondary N) is 1. The summed E-state index contributed by atoms with van der Waals surface area (Å²) in [5.41, 5.74) is 3.55. The van der Waals surface area contributed by atoms with Gasteiger partial charge >= 0.3 is 0 Å². The molecule has 0 amide bonds. The van der Waals surface area contributed by atoms with Crippen LogP contribution in [0.3, 0.4) is 0 Å². The number of hydrogen-bond donors (Lipinski definition) is 2. The van der Waals surface area contributed by atoms with Crippen LogP contribution in [0.25, 0.3) is 0 Å². The minimum atomic E-state index is 0.465. The Morgan fingerprint density at radius 2 is 1.94 bits per heavy atom. The molecule has 0 spiro atoms. The quantitative estimate of drug-likeness (QED) is 0.556. The van der Waals surface area contributed by atoms with Gasteiger partial charge in [-0.05, 0) is 42.9 Å². The van der Waals surface area contributed by atoms with E-state index in [9.17, 15) is 0 Å². The topological polar surface area (TPSA) is 38.0 Å². The summed E-state index contributed by atoms with van der Waals surface area (Å²) in [6.07, 6.45) is 7.99. The van der Waals surface area contributed by atoms with Gasteiger partial charge in [-0.2, -0.15) is 0 Å². The van der Waals surface area contributed by atoms with E-state index in [0.29, 0.717) is 11.5 Å². The third kappa shape index (κ3) is 3.74. The van der Waals surface area contributed by atoms with Gasteiger partial charge in [-0.25, -0.2) is 0 Å². The molecule has 2 unspecified atom stereocenters. The van der Waals surface area contributed by atoms with Crippen molar-refractivity contribution in [2.45, 2.75) is 72.3 Å². The summed E-state index contributed by atoms with van der Waals surface area (Å²) in [6, 6.07) is 0.512. The van der Waals surface area contributed by atoms with Gasteiger partial charge in [0.15, 0.2) is 0 Å². The van der Waals surface area contributed by atoms with Crippen molar-refractivity contribution in [2.75, 3.05) is 0 Å². The van der Waals surface area contributed by atoms with E-state index in [1.807, 2.05) is 0 Å². The summed E-state index contributed by atoms with van der Waals surface area (Å²) in [5, 5.41) is 0. The van der Waals surface area contributed by atoms with Crippen molar-refractivity contribution < 1.29 is 0 Å². The van der Waals surface area contributed by atoms with Crippen molar-refractivity contribution in [3.05, 3.63) is 0 Å². The third-order valence-electron chi connectivity index (χ3n) is 4.34. The maximum absolute atomic E-state index is 5.76. The van der Waals surface area contributed by atoms with Crippen molar-refractivity contribution in [3.8, 4) is 0 Å². The molecular weight excluding hydrogens is 196 g/mol. The molecule has 2 nitrogen and oxygen atoms in total. The Morgan fingerprint density at radius 1 is 1.25 bits per heavy atom. The van der Waals surface area contributed by atoms with Crippen molar-refractivity contribution in [1.82, 2.24) is 5.43 Å². The van der Waals surface area contributed by atoms with Gasteiger partial charge < -0.3 is 0 Å². The zero-order valence-corrected chi connectivity index (χ0v) is 11.6. The van der Waals surface area contributed by atoms with Crippen LogP contribution in [0.4, 0.5) is 0 Å². The zero-order valence-electron chi connectivity index (χ0n) is 11.6. The minimum Gasteiger partial charge on any atom is -0.271 e. The van der Waals surface area contributed by atoms with E-state index in [-0.39, 0.29) is 0 Å². The first kappa shape index (κ1) is 14.0. The highest BCUT2D eigenvalue weighted by Gasteiger charge is 2.36. The average molecular weight is 226 g/mol. The first-order valence-corrected chi connectivity index (χ1v) is 6.93. The average Bonchev–Trinajstić information content (AvgIpc) is 2.20. The molecule has 1 rings (SSSR count). The van der Waals surface area contributed by atoms with Crippen LogP contribution in [-0.4, -0.2) is 6.04 Å². The van der Waals surface area contributed by atoms with E-state index in [1.54, 1.807) is 0 Å². The fourth-order valence-corrected chi connectivity index (χ4v) is 3.18. The first-order chi connectivity index (χ1) is 7.47. The zero-order chi connectivity index (χ0) is 12.2. The standard InChI is InChI=1S/C14H30N2/c1-11(2)8-9-13(16-15)12-7-5-6-10-14(12,3)4/h11-13,16H,5-10,15H2,1-4H3. The fourth-order valence-electron chi connectivity index (χ4n) is 3.18. The summed E-state index contributed by atoms with van der Waals surface area (Å²) in [6.45, 7) is 9.41. The summed E-state index contributed by atoms with van der Waals surface area (Å²) >= 11 is 0. The Balaban J connectivity index is 2.56. The molecule has 0 bridgehead atoms. The molecule has 1 aliphatic carbocycles. The highest BCUT2D eigenvalue weighted by atomic mass is 15.2. The van der Waals surface area contributed by atoms with Crippen LogP contribution >= 0.6 is 0 Å². The van der Waals surface area contributed by atoms with Crippen LogP contribution in [0.5, 0.6) is 0 Å². The Bertz CT molecular complexity index is 199. The molecule has 0 radical (unpaired) electrons. The van der Waals surface area contributed by atoms with Crippen molar-refractivity contribution in [1.29, 1.82) is 0 Å². The summed E-state index contributed by atoms with van der Waals surface area (Å²) < 4.78 is 0. The predicted octanol–water partition coefficient (Wildman–Crippen LogP) is 3.47. The Hall–Kier alpha value is -0.0800. The van der Waals surface area contributed by atoms with Gasteiger partial charge in [0.2, 0.25) is 0 Å². The molecule has 0 saturated heterocycles. The molecule has 2 heteroatoms. The van der Waals surface area contributed by atoms with E-state index in [1.165, 1.54) is 38.5 Å². The van der Waals surface area contributed by atoms with Crippen LogP contribution in [-0.2, 0) is 0 Å². The summed E-state index contributed by atoms with van der Waals surface area (Å²) in [7, 11) is 0. The van der Waals surface area contributed by atoms with Gasteiger partial charge in [0, 0.05) is 6.04 Å². The second-order valence-electron chi connectivity index (χ2n) is 6.59. The lowest BCUT2D eigenvalue weighted by molar-refractivity contribution is 0.0924. The molecule has 3 N–H and O–H groups in total. The maximum Gasteiger partial charge on any atom is 0.0243 e. The molecule has 0 aliphatic heterocycles. The first-order valence-electron chi connectivity index (χ1n) is 6.93. The smallest absolute Gasteiger partial charge is 0.0243 e. The largest absolute Gasteiger partial charge is 0.271 e. The second-order valence-corrected chi connectivity index (χ2v) is 6.59.